The number of carbonyl (C=O) groups excluding carboxylic acids is 2. The zero-order valence-electron chi connectivity index (χ0n) is 18.8. The van der Waals surface area contributed by atoms with E-state index >= 15 is 0 Å². The third-order valence-corrected chi connectivity index (χ3v) is 7.32. The van der Waals surface area contributed by atoms with Gasteiger partial charge in [0.2, 0.25) is 5.91 Å². The molecule has 1 fully saturated rings. The molecule has 1 amide bonds. The second-order valence-corrected chi connectivity index (χ2v) is 9.32. The fourth-order valence-electron chi connectivity index (χ4n) is 5.65. The van der Waals surface area contributed by atoms with Crippen molar-refractivity contribution in [1.29, 1.82) is 0 Å². The summed E-state index contributed by atoms with van der Waals surface area (Å²) >= 11 is 0. The van der Waals surface area contributed by atoms with E-state index in [1.54, 1.807) is 0 Å². The molecule has 3 heteroatoms. The number of ketones is 1. The first-order chi connectivity index (χ1) is 14.4. The number of Topliss-reactive ketones (excluding diaryl/α,β-unsaturated/α-hetero) is 1. The van der Waals surface area contributed by atoms with Gasteiger partial charge in [0.05, 0.1) is 0 Å². The normalized spacial score (nSPS) is 20.1. The lowest BCUT2D eigenvalue weighted by atomic mass is 9.83. The molecule has 30 heavy (non-hydrogen) atoms. The maximum atomic E-state index is 13.3. The van der Waals surface area contributed by atoms with E-state index in [0.717, 1.165) is 55.5 Å². The van der Waals surface area contributed by atoms with E-state index in [1.807, 2.05) is 17.9 Å². The van der Waals surface area contributed by atoms with Gasteiger partial charge in [-0.1, -0.05) is 30.3 Å². The first-order valence-corrected chi connectivity index (χ1v) is 11.3. The molecule has 3 nitrogen and oxygen atoms in total. The van der Waals surface area contributed by atoms with Gasteiger partial charge in [0, 0.05) is 31.0 Å². The van der Waals surface area contributed by atoms with Crippen LogP contribution < -0.4 is 0 Å². The Labute approximate surface area is 180 Å². The zero-order chi connectivity index (χ0) is 21.4. The van der Waals surface area contributed by atoms with E-state index < -0.39 is 0 Å². The second-order valence-electron chi connectivity index (χ2n) is 9.32. The summed E-state index contributed by atoms with van der Waals surface area (Å²) in [7, 11) is 0. The van der Waals surface area contributed by atoms with Gasteiger partial charge in [0.1, 0.15) is 0 Å². The van der Waals surface area contributed by atoms with Crippen LogP contribution in [-0.2, 0) is 11.2 Å². The maximum Gasteiger partial charge on any atom is 0.226 e. The standard InChI is InChI=1S/C27H33NO2/c1-17-8-9-20(4)26-23(17)11-10-22(16-24(26)29)27(30)28-14-12-21(13-15-28)25-18(2)6-5-7-19(25)3/h5-9,21-22H,10-16H2,1-4H3. The smallest absolute Gasteiger partial charge is 0.226 e. The third-order valence-electron chi connectivity index (χ3n) is 7.32. The van der Waals surface area contributed by atoms with Crippen molar-refractivity contribution in [3.05, 3.63) is 69.3 Å². The van der Waals surface area contributed by atoms with Crippen LogP contribution in [0.25, 0.3) is 0 Å². The van der Waals surface area contributed by atoms with E-state index in [9.17, 15) is 9.59 Å². The van der Waals surface area contributed by atoms with Crippen molar-refractivity contribution in [2.45, 2.75) is 65.7 Å². The van der Waals surface area contributed by atoms with Gasteiger partial charge < -0.3 is 4.90 Å². The SMILES string of the molecule is Cc1ccc(C)c2c1CCC(C(=O)N1CCC(c3c(C)cccc3C)CC1)CC2=O. The van der Waals surface area contributed by atoms with Gasteiger partial charge >= 0.3 is 0 Å². The lowest BCUT2D eigenvalue weighted by Crippen LogP contribution is -2.42. The Hall–Kier alpha value is -2.42. The van der Waals surface area contributed by atoms with Crippen LogP contribution in [0.1, 0.15) is 75.3 Å². The molecule has 0 N–H and O–H groups in total. The summed E-state index contributed by atoms with van der Waals surface area (Å²) < 4.78 is 0. The minimum absolute atomic E-state index is 0.146. The molecule has 158 valence electrons. The van der Waals surface area contributed by atoms with Crippen LogP contribution in [0.4, 0.5) is 0 Å². The number of carbonyl (C=O) groups is 2. The van der Waals surface area contributed by atoms with Crippen LogP contribution in [0.15, 0.2) is 30.3 Å². The number of aryl methyl sites for hydroxylation is 4. The van der Waals surface area contributed by atoms with E-state index in [0.29, 0.717) is 12.3 Å². The highest BCUT2D eigenvalue weighted by Gasteiger charge is 2.33. The molecule has 2 aliphatic rings. The summed E-state index contributed by atoms with van der Waals surface area (Å²) in [5, 5.41) is 0. The van der Waals surface area contributed by atoms with Gasteiger partial charge in [-0.3, -0.25) is 9.59 Å². The summed E-state index contributed by atoms with van der Waals surface area (Å²) in [5.41, 5.74) is 8.43. The van der Waals surface area contributed by atoms with E-state index in [4.69, 9.17) is 0 Å². The molecule has 2 aromatic carbocycles. The minimum atomic E-state index is -0.180. The quantitative estimate of drug-likeness (QED) is 0.624. The molecule has 0 aromatic heterocycles. The minimum Gasteiger partial charge on any atom is -0.342 e. The first-order valence-electron chi connectivity index (χ1n) is 11.3. The zero-order valence-corrected chi connectivity index (χ0v) is 18.8. The van der Waals surface area contributed by atoms with Gasteiger partial charge in [-0.25, -0.2) is 0 Å². The molecule has 0 radical (unpaired) electrons. The highest BCUT2D eigenvalue weighted by atomic mass is 16.2. The number of amides is 1. The van der Waals surface area contributed by atoms with Gasteiger partial charge in [0.25, 0.3) is 0 Å². The number of piperidine rings is 1. The maximum absolute atomic E-state index is 13.3. The molecule has 4 rings (SSSR count). The lowest BCUT2D eigenvalue weighted by molar-refractivity contribution is -0.136. The number of fused-ring (bicyclic) bond motifs is 1. The second kappa shape index (κ2) is 8.37. The number of nitrogens with zero attached hydrogens (tertiary/aromatic N) is 1. The van der Waals surface area contributed by atoms with E-state index in [2.05, 4.69) is 45.0 Å². The fraction of sp³-hybridized carbons (Fsp3) is 0.481. The average Bonchev–Trinajstić information content (AvgIpc) is 2.90. The van der Waals surface area contributed by atoms with Crippen LogP contribution in [-0.4, -0.2) is 29.7 Å². The summed E-state index contributed by atoms with van der Waals surface area (Å²) in [6.07, 6.45) is 3.97. The van der Waals surface area contributed by atoms with Gasteiger partial charge in [-0.15, -0.1) is 0 Å². The summed E-state index contributed by atoms with van der Waals surface area (Å²) in [6.45, 7) is 10.1. The summed E-state index contributed by atoms with van der Waals surface area (Å²) in [5.74, 6) is 0.680. The Balaban J connectivity index is 1.45. The van der Waals surface area contributed by atoms with Gasteiger partial charge in [0.15, 0.2) is 5.78 Å². The van der Waals surface area contributed by atoms with Crippen molar-refractivity contribution in [3.63, 3.8) is 0 Å². The molecule has 1 unspecified atom stereocenters. The van der Waals surface area contributed by atoms with Crippen molar-refractivity contribution in [2.24, 2.45) is 5.92 Å². The molecule has 0 bridgehead atoms. The van der Waals surface area contributed by atoms with Crippen molar-refractivity contribution in [2.75, 3.05) is 13.1 Å². The number of rotatable bonds is 2. The Kier molecular flexibility index (Phi) is 5.81. The molecular formula is C27H33NO2. The third kappa shape index (κ3) is 3.82. The van der Waals surface area contributed by atoms with Crippen molar-refractivity contribution in [1.82, 2.24) is 4.90 Å². The fourth-order valence-corrected chi connectivity index (χ4v) is 5.65. The van der Waals surface area contributed by atoms with Crippen LogP contribution in [0.3, 0.4) is 0 Å². The molecule has 1 aliphatic heterocycles. The molecule has 1 atom stereocenters. The van der Waals surface area contributed by atoms with E-state index in [-0.39, 0.29) is 17.6 Å². The number of hydrogen-bond acceptors (Lipinski definition) is 2. The Morgan fingerprint density at radius 2 is 1.50 bits per heavy atom. The van der Waals surface area contributed by atoms with Crippen molar-refractivity contribution < 1.29 is 9.59 Å². The molecule has 1 saturated heterocycles. The Morgan fingerprint density at radius 1 is 0.867 bits per heavy atom. The number of likely N-dealkylation sites (tertiary alicyclic amines) is 1. The van der Waals surface area contributed by atoms with E-state index in [1.165, 1.54) is 22.3 Å². The molecule has 1 aliphatic carbocycles. The van der Waals surface area contributed by atoms with Crippen molar-refractivity contribution in [3.8, 4) is 0 Å². The van der Waals surface area contributed by atoms with Crippen LogP contribution in [0, 0.1) is 33.6 Å². The largest absolute Gasteiger partial charge is 0.342 e. The monoisotopic (exact) mass is 403 g/mol. The number of benzene rings is 2. The highest BCUT2D eigenvalue weighted by molar-refractivity contribution is 6.01. The highest BCUT2D eigenvalue weighted by Crippen LogP contribution is 2.35. The Morgan fingerprint density at radius 3 is 2.17 bits per heavy atom. The Bertz CT molecular complexity index is 962. The van der Waals surface area contributed by atoms with Gasteiger partial charge in [-0.2, -0.15) is 0 Å². The summed E-state index contributed by atoms with van der Waals surface area (Å²) in [6, 6.07) is 10.6. The predicted molar refractivity (Wildman–Crippen MR) is 121 cm³/mol. The van der Waals surface area contributed by atoms with Crippen LogP contribution in [0.5, 0.6) is 0 Å². The molecule has 1 heterocycles. The van der Waals surface area contributed by atoms with Gasteiger partial charge in [-0.05, 0) is 92.7 Å². The first kappa shape index (κ1) is 20.8. The van der Waals surface area contributed by atoms with Crippen molar-refractivity contribution >= 4 is 11.7 Å². The van der Waals surface area contributed by atoms with Crippen LogP contribution >= 0.6 is 0 Å². The topological polar surface area (TPSA) is 37.4 Å². The molecule has 2 aromatic rings. The predicted octanol–water partition coefficient (Wildman–Crippen LogP) is 5.46. The average molecular weight is 404 g/mol. The van der Waals surface area contributed by atoms with Crippen LogP contribution in [0.2, 0.25) is 0 Å². The molecule has 0 spiro atoms. The molecular weight excluding hydrogens is 370 g/mol. The lowest BCUT2D eigenvalue weighted by Gasteiger charge is -2.35. The summed E-state index contributed by atoms with van der Waals surface area (Å²) in [4.78, 5) is 28.4. The number of hydrogen-bond donors (Lipinski definition) is 0. The molecule has 0 saturated carbocycles.